The van der Waals surface area contributed by atoms with Crippen molar-refractivity contribution in [3.63, 3.8) is 0 Å². The van der Waals surface area contributed by atoms with Crippen molar-refractivity contribution in [1.82, 2.24) is 19.8 Å². The number of piperazine rings is 1. The van der Waals surface area contributed by atoms with Crippen LogP contribution in [0, 0.1) is 5.82 Å². The van der Waals surface area contributed by atoms with Crippen LogP contribution in [0.1, 0.15) is 45.5 Å². The third kappa shape index (κ3) is 3.70. The zero-order valence-electron chi connectivity index (χ0n) is 15.6. The molecule has 0 bridgehead atoms. The first kappa shape index (κ1) is 19.5. The molecule has 26 heavy (non-hydrogen) atoms. The highest BCUT2D eigenvalue weighted by Gasteiger charge is 2.28. The molecule has 1 aliphatic heterocycles. The maximum Gasteiger partial charge on any atom is 0.261 e. The first-order chi connectivity index (χ1) is 12.5. The summed E-state index contributed by atoms with van der Waals surface area (Å²) in [7, 11) is 0. The van der Waals surface area contributed by atoms with E-state index in [4.69, 9.17) is 4.98 Å². The van der Waals surface area contributed by atoms with E-state index in [-0.39, 0.29) is 11.6 Å². The molecule has 2 heterocycles. The average Bonchev–Trinajstić information content (AvgIpc) is 2.61. The number of hydrogen-bond acceptors (Lipinski definition) is 4. The Balaban J connectivity index is 2.16. The zero-order chi connectivity index (χ0) is 18.8. The van der Waals surface area contributed by atoms with E-state index >= 15 is 0 Å². The molecule has 0 saturated carbocycles. The maximum atomic E-state index is 14.0. The highest BCUT2D eigenvalue weighted by molar-refractivity contribution is 9.10. The van der Waals surface area contributed by atoms with Crippen molar-refractivity contribution < 1.29 is 4.39 Å². The minimum absolute atomic E-state index is 0.0632. The van der Waals surface area contributed by atoms with Crippen molar-refractivity contribution in [2.45, 2.75) is 52.2 Å². The van der Waals surface area contributed by atoms with Gasteiger partial charge in [-0.2, -0.15) is 0 Å². The summed E-state index contributed by atoms with van der Waals surface area (Å²) in [4.78, 5) is 20.2. The Hall–Kier alpha value is -1.31. The second-order valence-corrected chi connectivity index (χ2v) is 7.81. The van der Waals surface area contributed by atoms with Crippen molar-refractivity contribution in [3.8, 4) is 0 Å². The summed E-state index contributed by atoms with van der Waals surface area (Å²) in [5.74, 6) is 0.357. The van der Waals surface area contributed by atoms with Gasteiger partial charge in [0.05, 0.1) is 21.4 Å². The van der Waals surface area contributed by atoms with Gasteiger partial charge >= 0.3 is 0 Å². The summed E-state index contributed by atoms with van der Waals surface area (Å²) in [5, 5.41) is 3.91. The van der Waals surface area contributed by atoms with Crippen LogP contribution in [0.25, 0.3) is 10.9 Å². The number of nitrogens with zero attached hydrogens (tertiary/aromatic N) is 3. The van der Waals surface area contributed by atoms with Crippen molar-refractivity contribution >= 4 is 26.8 Å². The first-order valence-corrected chi connectivity index (χ1v) is 10.1. The molecule has 1 aliphatic rings. The normalized spacial score (nSPS) is 19.8. The fourth-order valence-electron chi connectivity index (χ4n) is 3.79. The minimum Gasteiger partial charge on any atom is -0.312 e. The molecule has 5 nitrogen and oxygen atoms in total. The molecule has 0 unspecified atom stereocenters. The number of halogens is 2. The van der Waals surface area contributed by atoms with Gasteiger partial charge in [0, 0.05) is 38.3 Å². The van der Waals surface area contributed by atoms with Crippen LogP contribution >= 0.6 is 15.9 Å². The van der Waals surface area contributed by atoms with E-state index < -0.39 is 5.82 Å². The third-order valence-electron chi connectivity index (χ3n) is 5.04. The number of aromatic nitrogens is 2. The van der Waals surface area contributed by atoms with Crippen LogP contribution in [0.15, 0.2) is 21.4 Å². The standard InChI is InChI=1S/C19H26BrFN4O/c1-4-6-17(24-8-7-22-12(3)11-24)18-23-16-10-15(21)14(20)9-13(16)19(26)25(18)5-2/h9-10,12,17,22H,4-8,11H2,1-3H3/t12-,17-/m0/s1. The number of benzene rings is 1. The van der Waals surface area contributed by atoms with Gasteiger partial charge in [-0.1, -0.05) is 13.3 Å². The van der Waals surface area contributed by atoms with Crippen molar-refractivity contribution in [1.29, 1.82) is 0 Å². The van der Waals surface area contributed by atoms with Crippen LogP contribution in [0.5, 0.6) is 0 Å². The molecule has 0 spiro atoms. The van der Waals surface area contributed by atoms with Crippen molar-refractivity contribution in [2.24, 2.45) is 0 Å². The van der Waals surface area contributed by atoms with E-state index in [0.717, 1.165) is 38.3 Å². The Kier molecular flexibility index (Phi) is 6.10. The molecule has 1 aromatic heterocycles. The second kappa shape index (κ2) is 8.15. The SMILES string of the molecule is CCC[C@@H](c1nc2cc(F)c(Br)cc2c(=O)n1CC)N1CCN[C@@H](C)C1. The topological polar surface area (TPSA) is 50.2 Å². The first-order valence-electron chi connectivity index (χ1n) is 9.33. The summed E-state index contributed by atoms with van der Waals surface area (Å²) in [6, 6.07) is 3.36. The van der Waals surface area contributed by atoms with E-state index in [0.29, 0.717) is 28.0 Å². The molecule has 2 atom stereocenters. The Morgan fingerprint density at radius 2 is 2.19 bits per heavy atom. The maximum absolute atomic E-state index is 14.0. The molecule has 2 aromatic rings. The van der Waals surface area contributed by atoms with Crippen molar-refractivity contribution in [2.75, 3.05) is 19.6 Å². The van der Waals surface area contributed by atoms with Crippen LogP contribution in [-0.2, 0) is 6.54 Å². The second-order valence-electron chi connectivity index (χ2n) is 6.96. The summed E-state index contributed by atoms with van der Waals surface area (Å²) < 4.78 is 16.1. The largest absolute Gasteiger partial charge is 0.312 e. The molecule has 0 radical (unpaired) electrons. The quantitative estimate of drug-likeness (QED) is 0.798. The monoisotopic (exact) mass is 424 g/mol. The Morgan fingerprint density at radius 3 is 2.85 bits per heavy atom. The molecule has 0 aliphatic carbocycles. The molecule has 3 rings (SSSR count). The molecule has 0 amide bonds. The van der Waals surface area contributed by atoms with Gasteiger partial charge < -0.3 is 5.32 Å². The highest BCUT2D eigenvalue weighted by atomic mass is 79.9. The summed E-state index contributed by atoms with van der Waals surface area (Å²) >= 11 is 3.17. The molecule has 1 fully saturated rings. The fraction of sp³-hybridized carbons (Fsp3) is 0.579. The van der Waals surface area contributed by atoms with E-state index in [9.17, 15) is 9.18 Å². The molecular weight excluding hydrogens is 399 g/mol. The van der Waals surface area contributed by atoms with Crippen LogP contribution < -0.4 is 10.9 Å². The molecule has 142 valence electrons. The predicted molar refractivity (Wildman–Crippen MR) is 106 cm³/mol. The summed E-state index contributed by atoms with van der Waals surface area (Å²) in [5.41, 5.74) is 0.331. The highest BCUT2D eigenvalue weighted by Crippen LogP contribution is 2.27. The number of rotatable bonds is 5. The lowest BCUT2D eigenvalue weighted by molar-refractivity contribution is 0.132. The van der Waals surface area contributed by atoms with Gasteiger partial charge in [-0.3, -0.25) is 14.3 Å². The van der Waals surface area contributed by atoms with E-state index in [1.165, 1.54) is 12.1 Å². The number of fused-ring (bicyclic) bond motifs is 1. The molecule has 7 heteroatoms. The molecule has 1 saturated heterocycles. The van der Waals surface area contributed by atoms with Crippen LogP contribution in [0.3, 0.4) is 0 Å². The van der Waals surface area contributed by atoms with Gasteiger partial charge in [-0.05, 0) is 42.3 Å². The summed E-state index contributed by atoms with van der Waals surface area (Å²) in [6.45, 7) is 9.58. The van der Waals surface area contributed by atoms with Gasteiger partial charge in [0.25, 0.3) is 5.56 Å². The lowest BCUT2D eigenvalue weighted by atomic mass is 10.1. The van der Waals surface area contributed by atoms with E-state index in [1.54, 1.807) is 4.57 Å². The van der Waals surface area contributed by atoms with Crippen molar-refractivity contribution in [3.05, 3.63) is 38.6 Å². The smallest absolute Gasteiger partial charge is 0.261 e. The fourth-order valence-corrected chi connectivity index (χ4v) is 4.13. The lowest BCUT2D eigenvalue weighted by Gasteiger charge is -2.38. The van der Waals surface area contributed by atoms with E-state index in [1.807, 2.05) is 6.92 Å². The minimum atomic E-state index is -0.396. The molecular formula is C19H26BrFN4O. The van der Waals surface area contributed by atoms with Gasteiger partial charge in [0.1, 0.15) is 11.6 Å². The number of nitrogens with one attached hydrogen (secondary N) is 1. The van der Waals surface area contributed by atoms with Gasteiger partial charge in [0.15, 0.2) is 0 Å². The van der Waals surface area contributed by atoms with Gasteiger partial charge in [0.2, 0.25) is 0 Å². The van der Waals surface area contributed by atoms with Gasteiger partial charge in [-0.15, -0.1) is 0 Å². The predicted octanol–water partition coefficient (Wildman–Crippen LogP) is 3.45. The Bertz CT molecular complexity index is 854. The lowest BCUT2D eigenvalue weighted by Crippen LogP contribution is -2.51. The molecule has 1 aromatic carbocycles. The average molecular weight is 425 g/mol. The number of hydrogen-bond donors (Lipinski definition) is 1. The summed E-state index contributed by atoms with van der Waals surface area (Å²) in [6.07, 6.45) is 1.92. The third-order valence-corrected chi connectivity index (χ3v) is 5.65. The Morgan fingerprint density at radius 1 is 1.42 bits per heavy atom. The molecule has 1 N–H and O–H groups in total. The Labute approximate surface area is 161 Å². The van der Waals surface area contributed by atoms with Gasteiger partial charge in [-0.25, -0.2) is 9.37 Å². The van der Waals surface area contributed by atoms with Crippen LogP contribution in [-0.4, -0.2) is 40.1 Å². The van der Waals surface area contributed by atoms with E-state index in [2.05, 4.69) is 40.0 Å². The zero-order valence-corrected chi connectivity index (χ0v) is 17.1. The van der Waals surface area contributed by atoms with Crippen LogP contribution in [0.2, 0.25) is 0 Å². The van der Waals surface area contributed by atoms with Crippen LogP contribution in [0.4, 0.5) is 4.39 Å².